The van der Waals surface area contributed by atoms with Crippen LogP contribution in [0, 0.1) is 50.2 Å². The number of fused-ring (bicyclic) bond motifs is 7. The van der Waals surface area contributed by atoms with E-state index in [2.05, 4.69) is 40.7 Å². The van der Waals surface area contributed by atoms with Crippen LogP contribution in [-0.2, 0) is 28.5 Å². The van der Waals surface area contributed by atoms with E-state index in [1.165, 1.54) is 5.57 Å². The van der Waals surface area contributed by atoms with Crippen molar-refractivity contribution in [3.63, 3.8) is 0 Å². The highest BCUT2D eigenvalue weighted by molar-refractivity contribution is 5.77. The number of ether oxygens (including phenoxy) is 4. The summed E-state index contributed by atoms with van der Waals surface area (Å²) in [5.41, 5.74) is -2.69. The van der Waals surface area contributed by atoms with Crippen molar-refractivity contribution in [1.29, 1.82) is 0 Å². The average Bonchev–Trinajstić information content (AvgIpc) is 3.15. The Labute approximate surface area is 339 Å². The molecule has 7 rings (SSSR count). The summed E-state index contributed by atoms with van der Waals surface area (Å²) in [5.74, 6) is -2.61. The van der Waals surface area contributed by atoms with E-state index in [0.717, 1.165) is 12.8 Å². The van der Waals surface area contributed by atoms with Crippen LogP contribution < -0.4 is 0 Å². The number of rotatable bonds is 8. The smallest absolute Gasteiger partial charge is 0.312 e. The van der Waals surface area contributed by atoms with Gasteiger partial charge in [-0.15, -0.1) is 0 Å². The fourth-order valence-corrected chi connectivity index (χ4v) is 13.7. The van der Waals surface area contributed by atoms with E-state index in [-0.39, 0.29) is 34.5 Å². The van der Waals surface area contributed by atoms with Crippen molar-refractivity contribution in [3.05, 3.63) is 11.6 Å². The Morgan fingerprint density at radius 3 is 1.93 bits per heavy atom. The van der Waals surface area contributed by atoms with Gasteiger partial charge in [0.1, 0.15) is 54.9 Å². The van der Waals surface area contributed by atoms with Gasteiger partial charge in [0.15, 0.2) is 12.6 Å². The first-order valence-electron chi connectivity index (χ1n) is 21.1. The maximum atomic E-state index is 13.6. The Hall–Kier alpha value is -1.80. The van der Waals surface area contributed by atoms with E-state index in [1.807, 2.05) is 0 Å². The quantitative estimate of drug-likeness (QED) is 0.120. The van der Waals surface area contributed by atoms with E-state index in [9.17, 15) is 60.7 Å². The third kappa shape index (κ3) is 6.29. The van der Waals surface area contributed by atoms with Crippen molar-refractivity contribution in [2.45, 2.75) is 173 Å². The zero-order chi connectivity index (χ0) is 42.7. The molecular formula is C42H66O16. The predicted octanol–water partition coefficient (Wildman–Crippen LogP) is 0.918. The molecule has 0 spiro atoms. The Balaban J connectivity index is 1.15. The summed E-state index contributed by atoms with van der Waals surface area (Å²) in [6.07, 6.45) is -12.0. The zero-order valence-electron chi connectivity index (χ0n) is 34.4. The molecule has 0 aromatic rings. The van der Waals surface area contributed by atoms with Gasteiger partial charge in [-0.3, -0.25) is 9.59 Å². The Bertz CT molecular complexity index is 1620. The van der Waals surface area contributed by atoms with Crippen molar-refractivity contribution in [2.24, 2.45) is 50.2 Å². The van der Waals surface area contributed by atoms with Gasteiger partial charge >= 0.3 is 11.9 Å². The molecule has 6 fully saturated rings. The summed E-state index contributed by atoms with van der Waals surface area (Å²) >= 11 is 0. The van der Waals surface area contributed by atoms with Gasteiger partial charge in [-0.25, -0.2) is 0 Å². The van der Waals surface area contributed by atoms with E-state index in [4.69, 9.17) is 18.9 Å². The number of carboxylic acid groups (broad SMARTS) is 2. The normalized spacial score (nSPS) is 53.9. The third-order valence-electron chi connectivity index (χ3n) is 17.3. The third-order valence-corrected chi connectivity index (χ3v) is 17.3. The first kappa shape index (κ1) is 44.3. The number of carboxylic acids is 2. The second kappa shape index (κ2) is 14.9. The lowest BCUT2D eigenvalue weighted by atomic mass is 9.33. The summed E-state index contributed by atoms with van der Waals surface area (Å²) in [4.78, 5) is 26.7. The van der Waals surface area contributed by atoms with Gasteiger partial charge in [0.05, 0.1) is 30.1 Å². The second-order valence-electron chi connectivity index (χ2n) is 20.6. The molecule has 2 aliphatic heterocycles. The molecule has 58 heavy (non-hydrogen) atoms. The van der Waals surface area contributed by atoms with Gasteiger partial charge in [-0.1, -0.05) is 46.3 Å². The molecule has 330 valence electrons. The molecule has 0 bridgehead atoms. The fourth-order valence-electron chi connectivity index (χ4n) is 13.7. The first-order valence-corrected chi connectivity index (χ1v) is 21.1. The molecule has 20 atom stereocenters. The lowest BCUT2D eigenvalue weighted by Crippen LogP contribution is -2.70. The SMILES string of the molecule is CC1(C)CCC2(C(=O)O)CCC3(C)C(=CCC4C5(C)CC(O)C(OC6OC(CO)C(OC7OC(CO)C(O)C(O)C7O)C(O)C6O)C(C)(C(=O)O)C5CCC43C)C2C1. The number of hydrogen-bond donors (Lipinski definition) is 10. The van der Waals surface area contributed by atoms with E-state index < -0.39 is 121 Å². The summed E-state index contributed by atoms with van der Waals surface area (Å²) in [7, 11) is 0. The number of aliphatic carboxylic acids is 2. The van der Waals surface area contributed by atoms with Gasteiger partial charge in [-0.2, -0.15) is 0 Å². The highest BCUT2D eigenvalue weighted by atomic mass is 16.7. The molecule has 10 N–H and O–H groups in total. The maximum Gasteiger partial charge on any atom is 0.312 e. The van der Waals surface area contributed by atoms with E-state index in [0.29, 0.717) is 38.5 Å². The molecule has 7 aliphatic rings. The van der Waals surface area contributed by atoms with Gasteiger partial charge in [0.25, 0.3) is 0 Å². The molecule has 4 saturated carbocycles. The Morgan fingerprint density at radius 2 is 1.31 bits per heavy atom. The zero-order valence-corrected chi connectivity index (χ0v) is 34.4. The molecule has 0 aromatic heterocycles. The average molecular weight is 827 g/mol. The standard InChI is InChI=1S/C42H66O16/c1-37(2)11-13-42(36(53)54)14-12-39(4)19(20(42)15-37)7-8-24-38(3)16-21(45)32(41(6,35(51)52)25(38)9-10-40(24,39)5)58-34-30(50)28(48)31(23(18-44)56-34)57-33-29(49)27(47)26(46)22(17-43)55-33/h7,20-34,43-50H,8-18H2,1-6H3,(H,51,52)(H,53,54). The number of carbonyl (C=O) groups is 2. The van der Waals surface area contributed by atoms with Crippen LogP contribution in [0.3, 0.4) is 0 Å². The van der Waals surface area contributed by atoms with Gasteiger partial charge in [0, 0.05) is 0 Å². The Morgan fingerprint density at radius 1 is 0.707 bits per heavy atom. The van der Waals surface area contributed by atoms with Crippen LogP contribution in [0.25, 0.3) is 0 Å². The molecule has 5 aliphatic carbocycles. The minimum atomic E-state index is -1.92. The van der Waals surface area contributed by atoms with Crippen LogP contribution in [0.4, 0.5) is 0 Å². The first-order chi connectivity index (χ1) is 27.0. The molecule has 2 saturated heterocycles. The van der Waals surface area contributed by atoms with Crippen molar-refractivity contribution >= 4 is 11.9 Å². The molecule has 0 amide bonds. The van der Waals surface area contributed by atoms with Crippen LogP contribution in [-0.4, -0.2) is 150 Å². The highest BCUT2D eigenvalue weighted by Gasteiger charge is 2.72. The summed E-state index contributed by atoms with van der Waals surface area (Å²) in [6, 6.07) is 0. The molecule has 20 unspecified atom stereocenters. The van der Waals surface area contributed by atoms with Crippen molar-refractivity contribution in [3.8, 4) is 0 Å². The molecule has 16 nitrogen and oxygen atoms in total. The van der Waals surface area contributed by atoms with Crippen LogP contribution >= 0.6 is 0 Å². The number of aliphatic hydroxyl groups is 8. The number of hydrogen-bond acceptors (Lipinski definition) is 14. The van der Waals surface area contributed by atoms with Crippen molar-refractivity contribution in [1.82, 2.24) is 0 Å². The van der Waals surface area contributed by atoms with Crippen molar-refractivity contribution < 1.29 is 79.6 Å². The van der Waals surface area contributed by atoms with Gasteiger partial charge < -0.3 is 70.0 Å². The van der Waals surface area contributed by atoms with E-state index >= 15 is 0 Å². The molecule has 2 heterocycles. The Kier molecular flexibility index (Phi) is 11.4. The molecule has 0 radical (unpaired) electrons. The fraction of sp³-hybridized carbons (Fsp3) is 0.905. The second-order valence-corrected chi connectivity index (χ2v) is 20.6. The largest absolute Gasteiger partial charge is 0.481 e. The minimum absolute atomic E-state index is 0.00298. The molecule has 0 aromatic carbocycles. The minimum Gasteiger partial charge on any atom is -0.481 e. The van der Waals surface area contributed by atoms with Gasteiger partial charge in [-0.05, 0) is 104 Å². The lowest BCUT2D eigenvalue weighted by molar-refractivity contribution is -0.372. The summed E-state index contributed by atoms with van der Waals surface area (Å²) < 4.78 is 23.2. The van der Waals surface area contributed by atoms with Crippen LogP contribution in [0.15, 0.2) is 11.6 Å². The van der Waals surface area contributed by atoms with E-state index in [1.54, 1.807) is 6.92 Å². The van der Waals surface area contributed by atoms with Crippen LogP contribution in [0.1, 0.15) is 99.3 Å². The molecular weight excluding hydrogens is 760 g/mol. The summed E-state index contributed by atoms with van der Waals surface area (Å²) in [6.45, 7) is 11.1. The molecule has 16 heteroatoms. The number of allylic oxidation sites excluding steroid dienone is 2. The highest BCUT2D eigenvalue weighted by Crippen LogP contribution is 2.76. The van der Waals surface area contributed by atoms with Crippen LogP contribution in [0.2, 0.25) is 0 Å². The summed E-state index contributed by atoms with van der Waals surface area (Å²) in [5, 5.41) is 107. The van der Waals surface area contributed by atoms with Crippen molar-refractivity contribution in [2.75, 3.05) is 13.2 Å². The van der Waals surface area contributed by atoms with Gasteiger partial charge in [0.2, 0.25) is 0 Å². The maximum absolute atomic E-state index is 13.6. The van der Waals surface area contributed by atoms with Crippen LogP contribution in [0.5, 0.6) is 0 Å². The number of aliphatic hydroxyl groups excluding tert-OH is 8. The monoisotopic (exact) mass is 826 g/mol. The topological polar surface area (TPSA) is 273 Å². The lowest BCUT2D eigenvalue weighted by Gasteiger charge is -2.71. The predicted molar refractivity (Wildman–Crippen MR) is 201 cm³/mol.